The minimum Gasteiger partial charge on any atom is -0.488 e. The van der Waals surface area contributed by atoms with Crippen LogP contribution in [0.4, 0.5) is 4.79 Å². The Morgan fingerprint density at radius 2 is 2.28 bits per heavy atom. The van der Waals surface area contributed by atoms with Gasteiger partial charge in [-0.1, -0.05) is 18.2 Å². The highest BCUT2D eigenvalue weighted by molar-refractivity contribution is 5.81. The molecule has 1 atom stereocenters. The van der Waals surface area contributed by atoms with Crippen LogP contribution >= 0.6 is 0 Å². The highest BCUT2D eigenvalue weighted by Crippen LogP contribution is 2.26. The molecule has 8 heteroatoms. The Morgan fingerprint density at radius 1 is 1.44 bits per heavy atom. The topological polar surface area (TPSA) is 108 Å². The molecule has 0 saturated heterocycles. The molecule has 0 fully saturated rings. The summed E-state index contributed by atoms with van der Waals surface area (Å²) in [5.41, 5.74) is 1.20. The second-order valence-electron chi connectivity index (χ2n) is 5.40. The van der Waals surface area contributed by atoms with Crippen LogP contribution in [0.2, 0.25) is 0 Å². The number of para-hydroxylation sites is 1. The second-order valence-corrected chi connectivity index (χ2v) is 5.40. The molecule has 1 heterocycles. The Bertz CT molecular complexity index is 641. The third kappa shape index (κ3) is 6.22. The van der Waals surface area contributed by atoms with Crippen molar-refractivity contribution >= 4 is 12.1 Å². The van der Waals surface area contributed by atoms with Crippen LogP contribution in [0.5, 0.6) is 5.75 Å². The number of nitrogens with one attached hydrogen (secondary N) is 3. The molecule has 2 rings (SSSR count). The Morgan fingerprint density at radius 3 is 3.08 bits per heavy atom. The average Bonchev–Trinajstić information content (AvgIpc) is 2.63. The van der Waals surface area contributed by atoms with Crippen LogP contribution < -0.4 is 20.7 Å². The zero-order valence-corrected chi connectivity index (χ0v) is 14.2. The van der Waals surface area contributed by atoms with Crippen molar-refractivity contribution in [2.24, 2.45) is 4.99 Å². The second kappa shape index (κ2) is 10.0. The minimum absolute atomic E-state index is 0.0549. The molecule has 0 aliphatic carbocycles. The maximum Gasteiger partial charge on any atom is 0.407 e. The van der Waals surface area contributed by atoms with E-state index in [4.69, 9.17) is 14.7 Å². The SMILES string of the molecule is CCNC(=NCCOC(=O)NCC1CCc2ccccc2O1)NC#N. The molecule has 0 spiro atoms. The number of carbonyl (C=O) groups is 1. The summed E-state index contributed by atoms with van der Waals surface area (Å²) in [4.78, 5) is 15.8. The lowest BCUT2D eigenvalue weighted by Gasteiger charge is -2.26. The van der Waals surface area contributed by atoms with Gasteiger partial charge in [-0.25, -0.2) is 9.79 Å². The van der Waals surface area contributed by atoms with E-state index in [2.05, 4.69) is 27.0 Å². The van der Waals surface area contributed by atoms with E-state index in [9.17, 15) is 4.79 Å². The summed E-state index contributed by atoms with van der Waals surface area (Å²) >= 11 is 0. The molecule has 1 unspecified atom stereocenters. The fourth-order valence-corrected chi connectivity index (χ4v) is 2.43. The van der Waals surface area contributed by atoms with Crippen LogP contribution in [0, 0.1) is 11.5 Å². The van der Waals surface area contributed by atoms with Crippen molar-refractivity contribution < 1.29 is 14.3 Å². The van der Waals surface area contributed by atoms with Crippen LogP contribution in [0.1, 0.15) is 18.9 Å². The molecule has 8 nitrogen and oxygen atoms in total. The van der Waals surface area contributed by atoms with Crippen molar-refractivity contribution in [1.82, 2.24) is 16.0 Å². The quantitative estimate of drug-likeness (QED) is 0.235. The van der Waals surface area contributed by atoms with Gasteiger partial charge in [-0.2, -0.15) is 5.26 Å². The van der Waals surface area contributed by atoms with E-state index in [1.54, 1.807) is 6.19 Å². The lowest BCUT2D eigenvalue weighted by atomic mass is 10.0. The van der Waals surface area contributed by atoms with Gasteiger partial charge in [0.2, 0.25) is 5.96 Å². The number of nitrogens with zero attached hydrogens (tertiary/aromatic N) is 2. The van der Waals surface area contributed by atoms with Gasteiger partial charge in [0.25, 0.3) is 0 Å². The van der Waals surface area contributed by atoms with Crippen molar-refractivity contribution in [3.05, 3.63) is 29.8 Å². The number of guanidine groups is 1. The molecule has 0 aromatic heterocycles. The van der Waals surface area contributed by atoms with Gasteiger partial charge in [0.15, 0.2) is 6.19 Å². The van der Waals surface area contributed by atoms with Gasteiger partial charge < -0.3 is 20.1 Å². The molecular weight excluding hydrogens is 322 g/mol. The molecular formula is C17H23N5O3. The summed E-state index contributed by atoms with van der Waals surface area (Å²) < 4.78 is 10.9. The maximum absolute atomic E-state index is 11.7. The van der Waals surface area contributed by atoms with Gasteiger partial charge in [0.05, 0.1) is 13.1 Å². The molecule has 1 aromatic rings. The largest absolute Gasteiger partial charge is 0.488 e. The van der Waals surface area contributed by atoms with E-state index in [-0.39, 0.29) is 19.3 Å². The highest BCUT2D eigenvalue weighted by atomic mass is 16.5. The van der Waals surface area contributed by atoms with E-state index < -0.39 is 6.09 Å². The maximum atomic E-state index is 11.7. The zero-order valence-electron chi connectivity index (χ0n) is 14.2. The number of aryl methyl sites for hydroxylation is 1. The molecule has 134 valence electrons. The van der Waals surface area contributed by atoms with E-state index in [1.807, 2.05) is 25.1 Å². The summed E-state index contributed by atoms with van der Waals surface area (Å²) in [6.45, 7) is 3.32. The smallest absolute Gasteiger partial charge is 0.407 e. The first-order valence-electron chi connectivity index (χ1n) is 8.31. The number of carbonyl (C=O) groups excluding carboxylic acids is 1. The van der Waals surface area contributed by atoms with Gasteiger partial charge in [-0.15, -0.1) is 0 Å². The van der Waals surface area contributed by atoms with Crippen LogP contribution in [-0.4, -0.2) is 44.4 Å². The van der Waals surface area contributed by atoms with Crippen molar-refractivity contribution in [1.29, 1.82) is 5.26 Å². The first-order chi connectivity index (χ1) is 12.2. The summed E-state index contributed by atoms with van der Waals surface area (Å²) in [6.07, 6.45) is 3.02. The normalized spacial score (nSPS) is 16.0. The first-order valence-corrected chi connectivity index (χ1v) is 8.31. The number of alkyl carbamates (subject to hydrolysis) is 1. The number of hydrogen-bond donors (Lipinski definition) is 3. The van der Waals surface area contributed by atoms with Gasteiger partial charge in [0, 0.05) is 6.54 Å². The van der Waals surface area contributed by atoms with Gasteiger partial charge in [-0.05, 0) is 31.4 Å². The van der Waals surface area contributed by atoms with E-state index >= 15 is 0 Å². The zero-order chi connectivity index (χ0) is 17.9. The molecule has 3 N–H and O–H groups in total. The van der Waals surface area contributed by atoms with E-state index in [0.717, 1.165) is 18.6 Å². The number of ether oxygens (including phenoxy) is 2. The summed E-state index contributed by atoms with van der Waals surface area (Å²) in [7, 11) is 0. The van der Waals surface area contributed by atoms with E-state index in [1.165, 1.54) is 5.56 Å². The number of amides is 1. The Kier molecular flexibility index (Phi) is 7.38. The van der Waals surface area contributed by atoms with Crippen LogP contribution in [-0.2, 0) is 11.2 Å². The fourth-order valence-electron chi connectivity index (χ4n) is 2.43. The molecule has 1 aliphatic heterocycles. The van der Waals surface area contributed by atoms with Crippen molar-refractivity contribution in [3.63, 3.8) is 0 Å². The summed E-state index contributed by atoms with van der Waals surface area (Å²) in [6, 6.07) is 7.92. The molecule has 0 saturated carbocycles. The van der Waals surface area contributed by atoms with Crippen molar-refractivity contribution in [2.45, 2.75) is 25.9 Å². The number of nitriles is 1. The van der Waals surface area contributed by atoms with Crippen molar-refractivity contribution in [3.8, 4) is 11.9 Å². The number of fused-ring (bicyclic) bond motifs is 1. The molecule has 1 amide bonds. The predicted octanol–water partition coefficient (Wildman–Crippen LogP) is 1.14. The Hall–Kier alpha value is -2.95. The molecule has 1 aromatic carbocycles. The number of rotatable bonds is 6. The molecule has 25 heavy (non-hydrogen) atoms. The van der Waals surface area contributed by atoms with Gasteiger partial charge in [-0.3, -0.25) is 5.32 Å². The van der Waals surface area contributed by atoms with E-state index in [0.29, 0.717) is 19.0 Å². The summed E-state index contributed by atoms with van der Waals surface area (Å²) in [5, 5.41) is 16.6. The monoisotopic (exact) mass is 345 g/mol. The third-order valence-corrected chi connectivity index (χ3v) is 3.59. The van der Waals surface area contributed by atoms with Crippen LogP contribution in [0.3, 0.4) is 0 Å². The number of hydrogen-bond acceptors (Lipinski definition) is 5. The first kappa shape index (κ1) is 18.4. The van der Waals surface area contributed by atoms with Crippen molar-refractivity contribution in [2.75, 3.05) is 26.2 Å². The average molecular weight is 345 g/mol. The third-order valence-electron chi connectivity index (χ3n) is 3.59. The standard InChI is InChI=1S/C17H23N5O3/c1-2-19-16(22-12-18)20-9-10-24-17(23)21-11-14-8-7-13-5-3-4-6-15(13)25-14/h3-6,14H,2,7-11H2,1H3,(H,21,23)(H2,19,20,22). The lowest BCUT2D eigenvalue weighted by Crippen LogP contribution is -2.38. The Labute approximate surface area is 147 Å². The van der Waals surface area contributed by atoms with Gasteiger partial charge >= 0.3 is 6.09 Å². The molecule has 0 bridgehead atoms. The number of aliphatic imine (C=N–C) groups is 1. The lowest BCUT2D eigenvalue weighted by molar-refractivity contribution is 0.133. The molecule has 0 radical (unpaired) electrons. The summed E-state index contributed by atoms with van der Waals surface area (Å²) in [5.74, 6) is 1.24. The van der Waals surface area contributed by atoms with Gasteiger partial charge in [0.1, 0.15) is 18.5 Å². The van der Waals surface area contributed by atoms with Crippen LogP contribution in [0.25, 0.3) is 0 Å². The minimum atomic E-state index is -0.504. The number of benzene rings is 1. The Balaban J connectivity index is 1.65. The highest BCUT2D eigenvalue weighted by Gasteiger charge is 2.19. The predicted molar refractivity (Wildman–Crippen MR) is 93.3 cm³/mol. The van der Waals surface area contributed by atoms with Crippen LogP contribution in [0.15, 0.2) is 29.3 Å². The fraction of sp³-hybridized carbons (Fsp3) is 0.471. The molecule has 1 aliphatic rings.